The highest BCUT2D eigenvalue weighted by Gasteiger charge is 2.29. The van der Waals surface area contributed by atoms with Crippen molar-refractivity contribution < 1.29 is 19.0 Å². The van der Waals surface area contributed by atoms with Crippen LogP contribution in [-0.2, 0) is 4.79 Å². The van der Waals surface area contributed by atoms with Gasteiger partial charge in [0, 0.05) is 12.6 Å². The van der Waals surface area contributed by atoms with Crippen LogP contribution in [0.25, 0.3) is 6.08 Å². The van der Waals surface area contributed by atoms with Gasteiger partial charge < -0.3 is 19.1 Å². The quantitative estimate of drug-likeness (QED) is 0.773. The Morgan fingerprint density at radius 1 is 1.15 bits per heavy atom. The lowest BCUT2D eigenvalue weighted by atomic mass is 10.0. The van der Waals surface area contributed by atoms with Crippen LogP contribution in [0.5, 0.6) is 17.2 Å². The first kappa shape index (κ1) is 17.5. The van der Waals surface area contributed by atoms with E-state index in [4.69, 9.17) is 14.2 Å². The molecule has 27 heavy (non-hydrogen) atoms. The van der Waals surface area contributed by atoms with E-state index in [1.165, 1.54) is 0 Å². The number of benzene rings is 2. The number of amides is 1. The summed E-state index contributed by atoms with van der Waals surface area (Å²) in [4.78, 5) is 14.7. The standard InChI is InChI=1S/C22H23NO4/c1-25-18-5-2-4-16(14-18)7-10-22(24)23-11-3-6-19(23)17-8-9-20-21(15-17)27-13-12-26-20/h2,4-5,7-10,14-15,19H,3,6,11-13H2,1H3. The largest absolute Gasteiger partial charge is 0.497 e. The molecule has 1 fully saturated rings. The average Bonchev–Trinajstić information content (AvgIpc) is 3.22. The minimum absolute atomic E-state index is 0.0233. The van der Waals surface area contributed by atoms with Crippen molar-refractivity contribution in [2.24, 2.45) is 0 Å². The molecule has 4 rings (SSSR count). The number of carbonyl (C=O) groups is 1. The van der Waals surface area contributed by atoms with Gasteiger partial charge >= 0.3 is 0 Å². The van der Waals surface area contributed by atoms with Crippen LogP contribution >= 0.6 is 0 Å². The molecule has 2 aliphatic heterocycles. The van der Waals surface area contributed by atoms with Crippen LogP contribution in [0.4, 0.5) is 0 Å². The van der Waals surface area contributed by atoms with Crippen LogP contribution in [0.1, 0.15) is 30.0 Å². The number of likely N-dealkylation sites (tertiary alicyclic amines) is 1. The zero-order valence-corrected chi connectivity index (χ0v) is 15.4. The molecule has 2 aliphatic rings. The van der Waals surface area contributed by atoms with Gasteiger partial charge in [0.05, 0.1) is 13.2 Å². The predicted octanol–water partition coefficient (Wildman–Crippen LogP) is 3.84. The van der Waals surface area contributed by atoms with Gasteiger partial charge in [-0.05, 0) is 54.3 Å². The lowest BCUT2D eigenvalue weighted by molar-refractivity contribution is -0.126. The van der Waals surface area contributed by atoms with Gasteiger partial charge in [-0.25, -0.2) is 0 Å². The van der Waals surface area contributed by atoms with Crippen molar-refractivity contribution in [1.82, 2.24) is 4.90 Å². The fourth-order valence-corrected chi connectivity index (χ4v) is 3.65. The molecule has 0 spiro atoms. The molecule has 2 aromatic carbocycles. The number of ether oxygens (including phenoxy) is 3. The van der Waals surface area contributed by atoms with E-state index in [-0.39, 0.29) is 11.9 Å². The van der Waals surface area contributed by atoms with E-state index < -0.39 is 0 Å². The van der Waals surface area contributed by atoms with Crippen molar-refractivity contribution in [1.29, 1.82) is 0 Å². The maximum atomic E-state index is 12.8. The van der Waals surface area contributed by atoms with Gasteiger partial charge in [0.2, 0.25) is 5.91 Å². The highest BCUT2D eigenvalue weighted by molar-refractivity contribution is 5.92. The molecule has 0 N–H and O–H groups in total. The van der Waals surface area contributed by atoms with Crippen molar-refractivity contribution in [3.05, 3.63) is 59.7 Å². The molecule has 0 radical (unpaired) electrons. The number of hydrogen-bond donors (Lipinski definition) is 0. The summed E-state index contributed by atoms with van der Waals surface area (Å²) in [5.41, 5.74) is 2.04. The molecular weight excluding hydrogens is 342 g/mol. The second kappa shape index (κ2) is 7.74. The first-order valence-electron chi connectivity index (χ1n) is 9.27. The zero-order chi connectivity index (χ0) is 18.6. The molecule has 1 amide bonds. The molecule has 5 heteroatoms. The Morgan fingerprint density at radius 2 is 2.00 bits per heavy atom. The third-order valence-electron chi connectivity index (χ3n) is 5.00. The van der Waals surface area contributed by atoms with Gasteiger partial charge in [0.1, 0.15) is 19.0 Å². The Bertz CT molecular complexity index is 861. The van der Waals surface area contributed by atoms with Crippen LogP contribution in [-0.4, -0.2) is 37.7 Å². The highest BCUT2D eigenvalue weighted by Crippen LogP contribution is 2.38. The Morgan fingerprint density at radius 3 is 2.85 bits per heavy atom. The molecule has 2 heterocycles. The van der Waals surface area contributed by atoms with Crippen LogP contribution in [0.15, 0.2) is 48.5 Å². The number of nitrogens with zero attached hydrogens (tertiary/aromatic N) is 1. The van der Waals surface area contributed by atoms with Crippen molar-refractivity contribution in [3.8, 4) is 17.2 Å². The fourth-order valence-electron chi connectivity index (χ4n) is 3.65. The molecular formula is C22H23NO4. The van der Waals surface area contributed by atoms with Gasteiger partial charge in [-0.15, -0.1) is 0 Å². The van der Waals surface area contributed by atoms with E-state index >= 15 is 0 Å². The second-order valence-corrected chi connectivity index (χ2v) is 6.70. The summed E-state index contributed by atoms with van der Waals surface area (Å²) in [7, 11) is 1.64. The van der Waals surface area contributed by atoms with Crippen molar-refractivity contribution in [2.75, 3.05) is 26.9 Å². The number of methoxy groups -OCH3 is 1. The van der Waals surface area contributed by atoms with Crippen LogP contribution in [0.3, 0.4) is 0 Å². The van der Waals surface area contributed by atoms with E-state index in [0.717, 1.165) is 47.8 Å². The molecule has 0 saturated carbocycles. The monoisotopic (exact) mass is 365 g/mol. The third-order valence-corrected chi connectivity index (χ3v) is 5.00. The third kappa shape index (κ3) is 3.77. The van der Waals surface area contributed by atoms with Crippen molar-refractivity contribution in [2.45, 2.75) is 18.9 Å². The fraction of sp³-hybridized carbons (Fsp3) is 0.318. The summed E-state index contributed by atoms with van der Waals surface area (Å²) >= 11 is 0. The van der Waals surface area contributed by atoms with Gasteiger partial charge in [0.15, 0.2) is 11.5 Å². The van der Waals surface area contributed by atoms with E-state index in [2.05, 4.69) is 0 Å². The summed E-state index contributed by atoms with van der Waals surface area (Å²) in [5.74, 6) is 2.35. The number of hydrogen-bond acceptors (Lipinski definition) is 4. The molecule has 0 bridgehead atoms. The molecule has 0 aliphatic carbocycles. The summed E-state index contributed by atoms with van der Waals surface area (Å²) in [6.45, 7) is 1.91. The maximum absolute atomic E-state index is 12.8. The number of rotatable bonds is 4. The van der Waals surface area contributed by atoms with Gasteiger partial charge in [-0.1, -0.05) is 18.2 Å². The minimum Gasteiger partial charge on any atom is -0.497 e. The van der Waals surface area contributed by atoms with E-state index in [0.29, 0.717) is 13.2 Å². The molecule has 5 nitrogen and oxygen atoms in total. The lowest BCUT2D eigenvalue weighted by Crippen LogP contribution is -2.29. The van der Waals surface area contributed by atoms with Crippen molar-refractivity contribution in [3.63, 3.8) is 0 Å². The summed E-state index contributed by atoms with van der Waals surface area (Å²) in [6.07, 6.45) is 5.44. The highest BCUT2D eigenvalue weighted by atomic mass is 16.6. The molecule has 0 aromatic heterocycles. The Kier molecular flexibility index (Phi) is 5.01. The lowest BCUT2D eigenvalue weighted by Gasteiger charge is -2.26. The number of carbonyl (C=O) groups excluding carboxylic acids is 1. The smallest absolute Gasteiger partial charge is 0.247 e. The van der Waals surface area contributed by atoms with Crippen LogP contribution in [0, 0.1) is 0 Å². The first-order chi connectivity index (χ1) is 13.2. The SMILES string of the molecule is COc1cccc(C=CC(=O)N2CCCC2c2ccc3c(c2)OCCO3)c1. The van der Waals surface area contributed by atoms with Crippen molar-refractivity contribution >= 4 is 12.0 Å². The molecule has 140 valence electrons. The van der Waals surface area contributed by atoms with Gasteiger partial charge in [0.25, 0.3) is 0 Å². The number of fused-ring (bicyclic) bond motifs is 1. The summed E-state index contributed by atoms with van der Waals surface area (Å²) in [5, 5.41) is 0. The van der Waals surface area contributed by atoms with Crippen LogP contribution in [0.2, 0.25) is 0 Å². The molecule has 1 saturated heterocycles. The van der Waals surface area contributed by atoms with Crippen LogP contribution < -0.4 is 14.2 Å². The predicted molar refractivity (Wildman–Crippen MR) is 103 cm³/mol. The van der Waals surface area contributed by atoms with Gasteiger partial charge in [-0.2, -0.15) is 0 Å². The summed E-state index contributed by atoms with van der Waals surface area (Å²) < 4.78 is 16.5. The van der Waals surface area contributed by atoms with E-state index in [1.807, 2.05) is 53.4 Å². The Hall–Kier alpha value is -2.95. The maximum Gasteiger partial charge on any atom is 0.247 e. The van der Waals surface area contributed by atoms with E-state index in [1.54, 1.807) is 13.2 Å². The molecule has 1 atom stereocenters. The average molecular weight is 365 g/mol. The Labute approximate surface area is 159 Å². The zero-order valence-electron chi connectivity index (χ0n) is 15.4. The van der Waals surface area contributed by atoms with E-state index in [9.17, 15) is 4.79 Å². The topological polar surface area (TPSA) is 48.0 Å². The second-order valence-electron chi connectivity index (χ2n) is 6.70. The normalized spacial score (nSPS) is 18.7. The minimum atomic E-state index is 0.0233. The molecule has 1 unspecified atom stereocenters. The summed E-state index contributed by atoms with van der Waals surface area (Å²) in [6, 6.07) is 13.7. The Balaban J connectivity index is 1.50. The molecule has 2 aromatic rings. The first-order valence-corrected chi connectivity index (χ1v) is 9.27. The van der Waals surface area contributed by atoms with Gasteiger partial charge in [-0.3, -0.25) is 4.79 Å².